The van der Waals surface area contributed by atoms with Crippen LogP contribution in [0.15, 0.2) is 60.2 Å². The lowest BCUT2D eigenvalue weighted by Crippen LogP contribution is -2.25. The predicted molar refractivity (Wildman–Crippen MR) is 108 cm³/mol. The lowest BCUT2D eigenvalue weighted by Gasteiger charge is -2.33. The molecule has 0 N–H and O–H groups in total. The molecule has 0 saturated heterocycles. The predicted octanol–water partition coefficient (Wildman–Crippen LogP) is 6.96. The summed E-state index contributed by atoms with van der Waals surface area (Å²) in [7, 11) is 0. The van der Waals surface area contributed by atoms with E-state index in [0.717, 1.165) is 12.8 Å². The lowest BCUT2D eigenvalue weighted by molar-refractivity contribution is 0.487. The molecule has 0 spiro atoms. The summed E-state index contributed by atoms with van der Waals surface area (Å²) in [6.45, 7) is 7.05. The molecular formula is C25H24. The van der Waals surface area contributed by atoms with Crippen LogP contribution in [0.2, 0.25) is 0 Å². The standard InChI is InChI=1S/C25H24/c1-4-25-15-19(16(2)3)14-18-9-7-8-17-12-13-21(24(25)23(17)18)20-10-5-6-11-22(20)25/h5-14,16H,4,15H2,1-3H3. The largest absolute Gasteiger partial charge is 0.0658 e. The van der Waals surface area contributed by atoms with E-state index < -0.39 is 0 Å². The summed E-state index contributed by atoms with van der Waals surface area (Å²) < 4.78 is 0. The normalized spacial score (nSPS) is 20.6. The molecule has 2 aliphatic rings. The third kappa shape index (κ3) is 1.83. The smallest absolute Gasteiger partial charge is 0.0256 e. The second kappa shape index (κ2) is 5.08. The van der Waals surface area contributed by atoms with E-state index in [1.807, 2.05) is 0 Å². The van der Waals surface area contributed by atoms with Gasteiger partial charge >= 0.3 is 0 Å². The number of benzene rings is 3. The molecule has 0 heterocycles. The maximum Gasteiger partial charge on any atom is 0.0256 e. The van der Waals surface area contributed by atoms with Crippen molar-refractivity contribution in [2.24, 2.45) is 5.92 Å². The van der Waals surface area contributed by atoms with Crippen LogP contribution in [-0.2, 0) is 5.41 Å². The zero-order chi connectivity index (χ0) is 17.2. The van der Waals surface area contributed by atoms with Gasteiger partial charge in [0.15, 0.2) is 0 Å². The van der Waals surface area contributed by atoms with Crippen LogP contribution in [0.25, 0.3) is 28.0 Å². The van der Waals surface area contributed by atoms with Gasteiger partial charge in [-0.05, 0) is 57.3 Å². The molecule has 0 heteroatoms. The van der Waals surface area contributed by atoms with Crippen molar-refractivity contribution in [3.8, 4) is 11.1 Å². The van der Waals surface area contributed by atoms with Crippen LogP contribution in [0.4, 0.5) is 0 Å². The first-order valence-electron chi connectivity index (χ1n) is 9.52. The Morgan fingerprint density at radius 2 is 1.76 bits per heavy atom. The Morgan fingerprint density at radius 1 is 0.920 bits per heavy atom. The first-order valence-corrected chi connectivity index (χ1v) is 9.52. The second-order valence-corrected chi connectivity index (χ2v) is 7.97. The fourth-order valence-corrected chi connectivity index (χ4v) is 5.17. The monoisotopic (exact) mass is 324 g/mol. The molecule has 0 bridgehead atoms. The van der Waals surface area contributed by atoms with Crippen LogP contribution in [0.1, 0.15) is 50.3 Å². The molecule has 0 nitrogen and oxygen atoms in total. The van der Waals surface area contributed by atoms with E-state index in [-0.39, 0.29) is 5.41 Å². The minimum Gasteiger partial charge on any atom is -0.0658 e. The van der Waals surface area contributed by atoms with E-state index in [9.17, 15) is 0 Å². The molecule has 0 aromatic heterocycles. The molecule has 25 heavy (non-hydrogen) atoms. The fourth-order valence-electron chi connectivity index (χ4n) is 5.17. The van der Waals surface area contributed by atoms with Gasteiger partial charge in [-0.3, -0.25) is 0 Å². The van der Waals surface area contributed by atoms with Crippen LogP contribution in [0.5, 0.6) is 0 Å². The van der Waals surface area contributed by atoms with Gasteiger partial charge in [0, 0.05) is 5.41 Å². The highest BCUT2D eigenvalue weighted by Crippen LogP contribution is 2.58. The zero-order valence-corrected chi connectivity index (χ0v) is 15.3. The summed E-state index contributed by atoms with van der Waals surface area (Å²) in [5, 5.41) is 2.86. The van der Waals surface area contributed by atoms with Crippen molar-refractivity contribution in [1.29, 1.82) is 0 Å². The molecule has 5 rings (SSSR count). The first kappa shape index (κ1) is 15.0. The second-order valence-electron chi connectivity index (χ2n) is 7.97. The molecular weight excluding hydrogens is 300 g/mol. The Balaban J connectivity index is 2.00. The average molecular weight is 324 g/mol. The number of rotatable bonds is 2. The minimum absolute atomic E-state index is 0.119. The highest BCUT2D eigenvalue weighted by molar-refractivity contribution is 6.02. The number of allylic oxidation sites excluding steroid dienone is 1. The van der Waals surface area contributed by atoms with E-state index in [2.05, 4.69) is 81.4 Å². The summed E-state index contributed by atoms with van der Waals surface area (Å²) >= 11 is 0. The Labute approximate surface area is 150 Å². The maximum atomic E-state index is 2.48. The van der Waals surface area contributed by atoms with E-state index in [0.29, 0.717) is 5.92 Å². The van der Waals surface area contributed by atoms with Crippen molar-refractivity contribution in [2.45, 2.75) is 39.0 Å². The molecule has 1 atom stereocenters. The van der Waals surface area contributed by atoms with E-state index >= 15 is 0 Å². The maximum absolute atomic E-state index is 2.48. The van der Waals surface area contributed by atoms with Crippen molar-refractivity contribution in [3.05, 3.63) is 76.9 Å². The minimum atomic E-state index is 0.119. The lowest BCUT2D eigenvalue weighted by atomic mass is 9.70. The Morgan fingerprint density at radius 3 is 2.56 bits per heavy atom. The molecule has 3 aromatic carbocycles. The van der Waals surface area contributed by atoms with Crippen molar-refractivity contribution in [2.75, 3.05) is 0 Å². The van der Waals surface area contributed by atoms with Gasteiger partial charge in [0.25, 0.3) is 0 Å². The number of fused-ring (bicyclic) bond motifs is 3. The molecule has 0 aliphatic heterocycles. The van der Waals surface area contributed by atoms with Gasteiger partial charge in [0.2, 0.25) is 0 Å². The SMILES string of the molecule is CCC12CC(C(C)C)=Cc3cccc4ccc(c1c34)-c1ccccc12. The number of hydrogen-bond acceptors (Lipinski definition) is 0. The molecule has 2 aliphatic carbocycles. The van der Waals surface area contributed by atoms with Crippen LogP contribution in [-0.4, -0.2) is 0 Å². The van der Waals surface area contributed by atoms with Crippen LogP contribution >= 0.6 is 0 Å². The quantitative estimate of drug-likeness (QED) is 0.478. The van der Waals surface area contributed by atoms with Crippen LogP contribution in [0, 0.1) is 5.92 Å². The third-order valence-electron chi connectivity index (χ3n) is 6.48. The van der Waals surface area contributed by atoms with Gasteiger partial charge in [-0.1, -0.05) is 87.0 Å². The van der Waals surface area contributed by atoms with Crippen LogP contribution < -0.4 is 0 Å². The summed E-state index contributed by atoms with van der Waals surface area (Å²) in [4.78, 5) is 0. The average Bonchev–Trinajstić information content (AvgIpc) is 2.81. The summed E-state index contributed by atoms with van der Waals surface area (Å²) in [6, 6.07) is 20.6. The Kier molecular flexibility index (Phi) is 3.04. The Bertz CT molecular complexity index is 1040. The van der Waals surface area contributed by atoms with E-state index in [1.165, 1.54) is 33.0 Å². The molecule has 0 amide bonds. The van der Waals surface area contributed by atoms with Crippen molar-refractivity contribution in [1.82, 2.24) is 0 Å². The number of hydrogen-bond donors (Lipinski definition) is 0. The van der Waals surface area contributed by atoms with E-state index in [4.69, 9.17) is 0 Å². The molecule has 1 unspecified atom stereocenters. The van der Waals surface area contributed by atoms with Gasteiger partial charge in [-0.2, -0.15) is 0 Å². The fraction of sp³-hybridized carbons (Fsp3) is 0.280. The Hall–Kier alpha value is -2.34. The van der Waals surface area contributed by atoms with Gasteiger partial charge < -0.3 is 0 Å². The topological polar surface area (TPSA) is 0 Å². The first-order chi connectivity index (χ1) is 12.2. The van der Waals surface area contributed by atoms with Crippen molar-refractivity contribution >= 4 is 16.8 Å². The molecule has 0 radical (unpaired) electrons. The van der Waals surface area contributed by atoms with Gasteiger partial charge in [-0.15, -0.1) is 0 Å². The van der Waals surface area contributed by atoms with Crippen molar-refractivity contribution in [3.63, 3.8) is 0 Å². The van der Waals surface area contributed by atoms with Crippen molar-refractivity contribution < 1.29 is 0 Å². The molecule has 0 saturated carbocycles. The van der Waals surface area contributed by atoms with Gasteiger partial charge in [0.05, 0.1) is 0 Å². The third-order valence-corrected chi connectivity index (χ3v) is 6.48. The van der Waals surface area contributed by atoms with Gasteiger partial charge in [-0.25, -0.2) is 0 Å². The molecule has 3 aromatic rings. The van der Waals surface area contributed by atoms with Crippen LogP contribution in [0.3, 0.4) is 0 Å². The highest BCUT2D eigenvalue weighted by atomic mass is 14.5. The zero-order valence-electron chi connectivity index (χ0n) is 15.3. The summed E-state index contributed by atoms with van der Waals surface area (Å²) in [5.74, 6) is 0.573. The van der Waals surface area contributed by atoms with E-state index in [1.54, 1.807) is 11.1 Å². The molecule has 124 valence electrons. The summed E-state index contributed by atoms with van der Waals surface area (Å²) in [5.41, 5.74) is 9.11. The summed E-state index contributed by atoms with van der Waals surface area (Å²) in [6.07, 6.45) is 4.76. The highest BCUT2D eigenvalue weighted by Gasteiger charge is 2.44. The molecule has 0 fully saturated rings. The van der Waals surface area contributed by atoms with Gasteiger partial charge in [0.1, 0.15) is 0 Å².